The van der Waals surface area contributed by atoms with Crippen molar-refractivity contribution in [2.24, 2.45) is 0 Å². The van der Waals surface area contributed by atoms with Crippen LogP contribution in [0.25, 0.3) is 11.3 Å². The first-order valence-electron chi connectivity index (χ1n) is 8.83. The molecule has 4 nitrogen and oxygen atoms in total. The molecular weight excluding hydrogens is 320 g/mol. The monoisotopic (exact) mass is 346 g/mol. The van der Waals surface area contributed by atoms with Crippen molar-refractivity contribution in [3.8, 4) is 17.0 Å². The fourth-order valence-corrected chi connectivity index (χ4v) is 4.43. The molecule has 1 N–H and O–H groups in total. The Balaban J connectivity index is 1.87. The van der Waals surface area contributed by atoms with Gasteiger partial charge >= 0.3 is 4.87 Å². The lowest BCUT2D eigenvalue weighted by atomic mass is 9.94. The summed E-state index contributed by atoms with van der Waals surface area (Å²) >= 11 is 1.32. The topological polar surface area (TPSA) is 45.3 Å². The summed E-state index contributed by atoms with van der Waals surface area (Å²) in [6.45, 7) is 3.40. The molecule has 0 radical (unpaired) electrons. The minimum atomic E-state index is 0.00310. The molecule has 0 bridgehead atoms. The first kappa shape index (κ1) is 17.2. The van der Waals surface area contributed by atoms with Crippen molar-refractivity contribution in [1.29, 1.82) is 0 Å². The van der Waals surface area contributed by atoms with Crippen molar-refractivity contribution in [2.45, 2.75) is 51.6 Å². The normalized spacial score (nSPS) is 15.8. The van der Waals surface area contributed by atoms with E-state index in [-0.39, 0.29) is 4.87 Å². The number of nitrogens with one attached hydrogen (secondary N) is 1. The van der Waals surface area contributed by atoms with Crippen LogP contribution in [0.4, 0.5) is 0 Å². The van der Waals surface area contributed by atoms with Gasteiger partial charge < -0.3 is 9.72 Å². The van der Waals surface area contributed by atoms with Crippen molar-refractivity contribution in [1.82, 2.24) is 9.88 Å². The summed E-state index contributed by atoms with van der Waals surface area (Å²) in [6.07, 6.45) is 6.52. The van der Waals surface area contributed by atoms with E-state index >= 15 is 0 Å². The number of benzene rings is 1. The van der Waals surface area contributed by atoms with Crippen LogP contribution >= 0.6 is 11.3 Å². The molecule has 5 heteroatoms. The second kappa shape index (κ2) is 7.99. The SMILES string of the molecule is CCOc1ccccc1-c1[nH]c(=O)sc1CN(C)C1CCCCC1. The van der Waals surface area contributed by atoms with E-state index in [0.717, 1.165) is 28.4 Å². The Hall–Kier alpha value is -1.59. The maximum Gasteiger partial charge on any atom is 0.305 e. The van der Waals surface area contributed by atoms with Crippen LogP contribution in [0.15, 0.2) is 29.1 Å². The molecule has 1 aliphatic rings. The molecule has 24 heavy (non-hydrogen) atoms. The molecule has 1 aliphatic carbocycles. The van der Waals surface area contributed by atoms with Crippen molar-refractivity contribution in [3.63, 3.8) is 0 Å². The number of hydrogen-bond acceptors (Lipinski definition) is 4. The highest BCUT2D eigenvalue weighted by Crippen LogP contribution is 2.33. The van der Waals surface area contributed by atoms with Gasteiger partial charge in [0.1, 0.15) is 5.75 Å². The zero-order valence-electron chi connectivity index (χ0n) is 14.5. The van der Waals surface area contributed by atoms with Crippen molar-refractivity contribution in [3.05, 3.63) is 38.8 Å². The Morgan fingerprint density at radius 1 is 1.25 bits per heavy atom. The highest BCUT2D eigenvalue weighted by atomic mass is 32.1. The van der Waals surface area contributed by atoms with Gasteiger partial charge in [-0.3, -0.25) is 9.69 Å². The van der Waals surface area contributed by atoms with Crippen molar-refractivity contribution >= 4 is 11.3 Å². The van der Waals surface area contributed by atoms with Crippen molar-refractivity contribution < 1.29 is 4.74 Å². The first-order chi connectivity index (χ1) is 11.7. The second-order valence-electron chi connectivity index (χ2n) is 6.45. The summed E-state index contributed by atoms with van der Waals surface area (Å²) < 4.78 is 5.75. The highest BCUT2D eigenvalue weighted by molar-refractivity contribution is 7.09. The van der Waals surface area contributed by atoms with E-state index in [1.807, 2.05) is 31.2 Å². The van der Waals surface area contributed by atoms with E-state index in [1.165, 1.54) is 43.4 Å². The number of hydrogen-bond donors (Lipinski definition) is 1. The standard InChI is InChI=1S/C19H26N2O2S/c1-3-23-16-12-8-7-11-15(16)18-17(24-19(22)20-18)13-21(2)14-9-5-4-6-10-14/h7-8,11-12,14H,3-6,9-10,13H2,1-2H3,(H,20,22). The van der Waals surface area contributed by atoms with Gasteiger partial charge in [0, 0.05) is 23.0 Å². The molecular formula is C19H26N2O2S. The zero-order valence-corrected chi connectivity index (χ0v) is 15.3. The summed E-state index contributed by atoms with van der Waals surface area (Å²) in [5.74, 6) is 0.829. The third-order valence-corrected chi connectivity index (χ3v) is 5.64. The Labute approximate surface area is 147 Å². The van der Waals surface area contributed by atoms with Crippen LogP contribution in [-0.2, 0) is 6.54 Å². The van der Waals surface area contributed by atoms with Gasteiger partial charge in [-0.1, -0.05) is 42.7 Å². The highest BCUT2D eigenvalue weighted by Gasteiger charge is 2.21. The molecule has 0 saturated heterocycles. The lowest BCUT2D eigenvalue weighted by molar-refractivity contribution is 0.186. The number of aromatic amines is 1. The van der Waals surface area contributed by atoms with Crippen LogP contribution in [0.1, 0.15) is 43.9 Å². The number of nitrogens with zero attached hydrogens (tertiary/aromatic N) is 1. The molecule has 0 spiro atoms. The summed E-state index contributed by atoms with van der Waals surface area (Å²) in [4.78, 5) is 18.5. The molecule has 0 amide bonds. The number of thiazole rings is 1. The average Bonchev–Trinajstić information content (AvgIpc) is 2.96. The molecule has 1 aromatic carbocycles. The summed E-state index contributed by atoms with van der Waals surface area (Å²) in [5.41, 5.74) is 1.89. The van der Waals surface area contributed by atoms with Crippen LogP contribution in [0.5, 0.6) is 5.75 Å². The fraction of sp³-hybridized carbons (Fsp3) is 0.526. The molecule has 2 aromatic rings. The van der Waals surface area contributed by atoms with Crippen molar-refractivity contribution in [2.75, 3.05) is 13.7 Å². The Morgan fingerprint density at radius 3 is 2.75 bits per heavy atom. The average molecular weight is 346 g/mol. The van der Waals surface area contributed by atoms with E-state index in [4.69, 9.17) is 4.74 Å². The van der Waals surface area contributed by atoms with Gasteiger partial charge in [0.25, 0.3) is 0 Å². The number of H-pyrrole nitrogens is 1. The Kier molecular flexibility index (Phi) is 5.74. The minimum Gasteiger partial charge on any atom is -0.493 e. The molecule has 1 heterocycles. The van der Waals surface area contributed by atoms with Crippen LogP contribution in [0, 0.1) is 0 Å². The summed E-state index contributed by atoms with van der Waals surface area (Å²) in [7, 11) is 2.18. The van der Waals surface area contributed by atoms with Crippen LogP contribution in [0.2, 0.25) is 0 Å². The molecule has 130 valence electrons. The third kappa shape index (κ3) is 3.90. The molecule has 3 rings (SSSR count). The van der Waals surface area contributed by atoms with E-state index < -0.39 is 0 Å². The predicted octanol–water partition coefficient (Wildman–Crippen LogP) is 4.27. The van der Waals surface area contributed by atoms with Gasteiger partial charge in [-0.15, -0.1) is 0 Å². The maximum absolute atomic E-state index is 12.0. The molecule has 1 aromatic heterocycles. The van der Waals surface area contributed by atoms with Gasteiger partial charge in [-0.25, -0.2) is 0 Å². The van der Waals surface area contributed by atoms with Gasteiger partial charge in [-0.2, -0.15) is 0 Å². The number of aromatic nitrogens is 1. The molecule has 0 atom stereocenters. The summed E-state index contributed by atoms with van der Waals surface area (Å²) in [5, 5.41) is 0. The largest absolute Gasteiger partial charge is 0.493 e. The van der Waals surface area contributed by atoms with E-state index in [2.05, 4.69) is 16.9 Å². The number of ether oxygens (including phenoxy) is 1. The van der Waals surface area contributed by atoms with E-state index in [0.29, 0.717) is 12.6 Å². The smallest absolute Gasteiger partial charge is 0.305 e. The minimum absolute atomic E-state index is 0.00310. The lowest BCUT2D eigenvalue weighted by Gasteiger charge is -2.31. The van der Waals surface area contributed by atoms with Crippen LogP contribution in [0.3, 0.4) is 0 Å². The molecule has 0 aliphatic heterocycles. The quantitative estimate of drug-likeness (QED) is 0.850. The zero-order chi connectivity index (χ0) is 16.9. The van der Waals surface area contributed by atoms with Gasteiger partial charge in [0.15, 0.2) is 0 Å². The first-order valence-corrected chi connectivity index (χ1v) is 9.65. The third-order valence-electron chi connectivity index (χ3n) is 4.77. The fourth-order valence-electron chi connectivity index (χ4n) is 3.52. The van der Waals surface area contributed by atoms with E-state index in [9.17, 15) is 4.79 Å². The Bertz CT molecular complexity index is 716. The maximum atomic E-state index is 12.0. The van der Waals surface area contributed by atoms with E-state index in [1.54, 1.807) is 0 Å². The molecule has 0 unspecified atom stereocenters. The van der Waals surface area contributed by atoms with Gasteiger partial charge in [0.05, 0.1) is 12.3 Å². The molecule has 1 saturated carbocycles. The van der Waals surface area contributed by atoms with Crippen LogP contribution < -0.4 is 9.61 Å². The molecule has 1 fully saturated rings. The van der Waals surface area contributed by atoms with Crippen LogP contribution in [-0.4, -0.2) is 29.6 Å². The second-order valence-corrected chi connectivity index (χ2v) is 7.52. The summed E-state index contributed by atoms with van der Waals surface area (Å²) in [6, 6.07) is 8.57. The predicted molar refractivity (Wildman–Crippen MR) is 99.9 cm³/mol. The number of rotatable bonds is 6. The van der Waals surface area contributed by atoms with Gasteiger partial charge in [0.2, 0.25) is 0 Å². The lowest BCUT2D eigenvalue weighted by Crippen LogP contribution is -2.32. The number of para-hydroxylation sites is 1. The Morgan fingerprint density at radius 2 is 2.00 bits per heavy atom. The van der Waals surface area contributed by atoms with Gasteiger partial charge in [-0.05, 0) is 38.9 Å².